The highest BCUT2D eigenvalue weighted by Gasteiger charge is 2.49. The second kappa shape index (κ2) is 13.1. The summed E-state index contributed by atoms with van der Waals surface area (Å²) in [6.45, 7) is 10.7. The van der Waals surface area contributed by atoms with Crippen LogP contribution in [0.25, 0.3) is 20.8 Å². The molecule has 51 heavy (non-hydrogen) atoms. The zero-order chi connectivity index (χ0) is 36.1. The lowest BCUT2D eigenvalue weighted by Gasteiger charge is -2.42. The van der Waals surface area contributed by atoms with Gasteiger partial charge in [0.25, 0.3) is 0 Å². The maximum absolute atomic E-state index is 14.2. The van der Waals surface area contributed by atoms with Crippen LogP contribution in [0.2, 0.25) is 0 Å². The number of rotatable bonds is 7. The fourth-order valence-electron chi connectivity index (χ4n) is 7.38. The van der Waals surface area contributed by atoms with Crippen molar-refractivity contribution >= 4 is 50.3 Å². The summed E-state index contributed by atoms with van der Waals surface area (Å²) in [7, 11) is 0. The lowest BCUT2D eigenvalue weighted by molar-refractivity contribution is -0.158. The van der Waals surface area contributed by atoms with Gasteiger partial charge in [0.2, 0.25) is 0 Å². The van der Waals surface area contributed by atoms with Gasteiger partial charge in [0.15, 0.2) is 0 Å². The number of amides is 2. The van der Waals surface area contributed by atoms with E-state index in [1.165, 1.54) is 47.7 Å². The van der Waals surface area contributed by atoms with Gasteiger partial charge in [-0.25, -0.2) is 14.2 Å². The second-order valence-corrected chi connectivity index (χ2v) is 15.8. The molecule has 7 rings (SSSR count). The van der Waals surface area contributed by atoms with E-state index in [0.717, 1.165) is 53.3 Å². The Bertz CT molecular complexity index is 2080. The number of urea groups is 1. The van der Waals surface area contributed by atoms with Crippen molar-refractivity contribution < 1.29 is 27.8 Å². The van der Waals surface area contributed by atoms with Crippen molar-refractivity contribution in [1.29, 1.82) is 0 Å². The highest BCUT2D eigenvalue weighted by atomic mass is 32.1. The molecule has 0 atom stereocenters. The van der Waals surface area contributed by atoms with E-state index in [4.69, 9.17) is 4.98 Å². The largest absolute Gasteiger partial charge is 0.506 e. The quantitative estimate of drug-likeness (QED) is 0.156. The third kappa shape index (κ3) is 7.34. The second-order valence-electron chi connectivity index (χ2n) is 14.7. The molecule has 5 aromatic rings. The molecule has 0 saturated carbocycles. The maximum atomic E-state index is 14.2. The average Bonchev–Trinajstić information content (AvgIpc) is 3.62. The summed E-state index contributed by atoms with van der Waals surface area (Å²) in [5.74, 6) is -0.250. The molecule has 1 spiro atoms. The smallest absolute Gasteiger partial charge is 0.394 e. The Morgan fingerprint density at radius 3 is 2.41 bits per heavy atom. The van der Waals surface area contributed by atoms with Crippen LogP contribution in [0.4, 0.5) is 40.7 Å². The monoisotopic (exact) mass is 715 g/mol. The molecule has 0 radical (unpaired) electrons. The molecule has 0 bridgehead atoms. The van der Waals surface area contributed by atoms with E-state index >= 15 is 0 Å². The van der Waals surface area contributed by atoms with Gasteiger partial charge in [-0.2, -0.15) is 8.78 Å². The van der Waals surface area contributed by atoms with Gasteiger partial charge >= 0.3 is 12.1 Å². The minimum Gasteiger partial charge on any atom is -0.506 e. The Balaban J connectivity index is 1.24. The number of nitrogens with zero attached hydrogens (tertiary/aromatic N) is 3. The van der Waals surface area contributed by atoms with Crippen molar-refractivity contribution in [3.05, 3.63) is 90.2 Å². The number of hydrogen-bond acceptors (Lipinski definition) is 7. The van der Waals surface area contributed by atoms with Crippen LogP contribution >= 0.6 is 11.3 Å². The number of aromatic nitrogens is 1. The summed E-state index contributed by atoms with van der Waals surface area (Å²) in [6, 6.07) is 20.8. The molecule has 1 saturated heterocycles. The zero-order valence-corrected chi connectivity index (χ0v) is 29.7. The molecular formula is C39H40F3N5O3S. The normalized spacial score (nSPS) is 16.0. The Kier molecular flexibility index (Phi) is 8.87. The van der Waals surface area contributed by atoms with Gasteiger partial charge in [-0.05, 0) is 97.6 Å². The van der Waals surface area contributed by atoms with Crippen LogP contribution in [-0.2, 0) is 5.41 Å². The molecule has 8 nitrogen and oxygen atoms in total. The molecule has 1 aromatic heterocycles. The topological polar surface area (TPSA) is 90.0 Å². The number of piperidine rings is 1. The van der Waals surface area contributed by atoms with Crippen LogP contribution in [0.5, 0.6) is 11.5 Å². The van der Waals surface area contributed by atoms with Crippen molar-refractivity contribution in [3.8, 4) is 22.1 Å². The minimum atomic E-state index is -3.32. The van der Waals surface area contributed by atoms with E-state index in [0.29, 0.717) is 41.7 Å². The van der Waals surface area contributed by atoms with E-state index in [1.807, 2.05) is 24.3 Å². The lowest BCUT2D eigenvalue weighted by Crippen LogP contribution is -2.47. The molecule has 2 amide bonds. The highest BCUT2D eigenvalue weighted by molar-refractivity contribution is 7.21. The summed E-state index contributed by atoms with van der Waals surface area (Å²) >= 11 is 1.50. The summed E-state index contributed by atoms with van der Waals surface area (Å²) in [6.07, 6.45) is -1.63. The SMILES string of the molecule is CC(C)(C)CN1CCC2(CC1)CN(c1ccccc1NC(=O)Nc1ccc(OC(C)(F)F)cc1)c1c(O)ccc(-c3nc4cc(F)ccc4s3)c12. The molecule has 1 fully saturated rings. The summed E-state index contributed by atoms with van der Waals surface area (Å²) in [4.78, 5) is 22.7. The molecule has 12 heteroatoms. The number of anilines is 4. The number of phenols is 1. The van der Waals surface area contributed by atoms with Gasteiger partial charge in [-0.15, -0.1) is 11.3 Å². The standard InChI is InChI=1S/C39H40F3N5O3S/c1-37(2,3)22-46-19-17-39(18-20-46)23-47(34-31(48)15-14-27(33(34)39)35-44-29-21-24(40)9-16-32(29)51-35)30-8-6-5-7-28(30)45-36(49)43-25-10-12-26(13-11-25)50-38(4,41)42/h5-16,21,48H,17-20,22-23H2,1-4H3,(H2,43,45,49). The molecule has 2 aliphatic heterocycles. The third-order valence-corrected chi connectivity index (χ3v) is 10.4. The molecule has 266 valence electrons. The number of likely N-dealkylation sites (tertiary alicyclic amines) is 1. The minimum absolute atomic E-state index is 0.0261. The summed E-state index contributed by atoms with van der Waals surface area (Å²) in [5.41, 5.74) is 4.60. The molecule has 0 unspecified atom stereocenters. The number of nitrogens with one attached hydrogen (secondary N) is 2. The number of aromatic hydroxyl groups is 1. The van der Waals surface area contributed by atoms with Crippen LogP contribution < -0.4 is 20.3 Å². The number of fused-ring (bicyclic) bond motifs is 3. The maximum Gasteiger partial charge on any atom is 0.394 e. The number of phenolic OH excluding ortho intramolecular Hbond substituents is 1. The number of hydrogen-bond donors (Lipinski definition) is 3. The van der Waals surface area contributed by atoms with Crippen molar-refractivity contribution in [2.45, 2.75) is 52.1 Å². The average molecular weight is 716 g/mol. The van der Waals surface area contributed by atoms with Crippen molar-refractivity contribution in [3.63, 3.8) is 0 Å². The first-order chi connectivity index (χ1) is 24.2. The van der Waals surface area contributed by atoms with Crippen LogP contribution in [-0.4, -0.2) is 53.3 Å². The Morgan fingerprint density at radius 1 is 0.980 bits per heavy atom. The van der Waals surface area contributed by atoms with Gasteiger partial charge in [-0.1, -0.05) is 32.9 Å². The van der Waals surface area contributed by atoms with Gasteiger partial charge in [0, 0.05) is 42.7 Å². The molecule has 2 aliphatic rings. The van der Waals surface area contributed by atoms with E-state index < -0.39 is 12.1 Å². The van der Waals surface area contributed by atoms with Gasteiger partial charge in [-0.3, -0.25) is 0 Å². The van der Waals surface area contributed by atoms with Crippen molar-refractivity contribution in [2.24, 2.45) is 5.41 Å². The Labute approximate surface area is 298 Å². The molecule has 0 aliphatic carbocycles. The number of carbonyl (C=O) groups is 1. The molecular weight excluding hydrogens is 676 g/mol. The van der Waals surface area contributed by atoms with E-state index in [1.54, 1.807) is 18.2 Å². The van der Waals surface area contributed by atoms with Gasteiger partial charge < -0.3 is 30.3 Å². The molecule has 3 heterocycles. The number of benzene rings is 4. The fourth-order valence-corrected chi connectivity index (χ4v) is 8.36. The number of alkyl halides is 2. The predicted molar refractivity (Wildman–Crippen MR) is 197 cm³/mol. The van der Waals surface area contributed by atoms with Crippen molar-refractivity contribution in [1.82, 2.24) is 9.88 Å². The van der Waals surface area contributed by atoms with E-state index in [-0.39, 0.29) is 28.1 Å². The number of para-hydroxylation sites is 2. The van der Waals surface area contributed by atoms with E-state index in [9.17, 15) is 23.1 Å². The summed E-state index contributed by atoms with van der Waals surface area (Å²) < 4.78 is 46.2. The van der Waals surface area contributed by atoms with Gasteiger partial charge in [0.1, 0.15) is 22.3 Å². The first kappa shape index (κ1) is 34.6. The van der Waals surface area contributed by atoms with Gasteiger partial charge in [0.05, 0.1) is 27.3 Å². The summed E-state index contributed by atoms with van der Waals surface area (Å²) in [5, 5.41) is 18.1. The van der Waals surface area contributed by atoms with Crippen LogP contribution in [0.1, 0.15) is 46.1 Å². The van der Waals surface area contributed by atoms with Crippen LogP contribution in [0, 0.1) is 11.2 Å². The Hall–Kier alpha value is -4.81. The fraction of sp³-hybridized carbons (Fsp3) is 0.333. The van der Waals surface area contributed by atoms with Crippen LogP contribution in [0.3, 0.4) is 0 Å². The first-order valence-electron chi connectivity index (χ1n) is 16.9. The van der Waals surface area contributed by atoms with Crippen molar-refractivity contribution in [2.75, 3.05) is 41.7 Å². The number of thiazole rings is 1. The molecule has 4 aromatic carbocycles. The highest BCUT2D eigenvalue weighted by Crippen LogP contribution is 2.57. The molecule has 3 N–H and O–H groups in total. The zero-order valence-electron chi connectivity index (χ0n) is 28.9. The number of carbonyl (C=O) groups excluding carboxylic acids is 1. The number of halogens is 3. The van der Waals surface area contributed by atoms with E-state index in [2.05, 4.69) is 45.9 Å². The Morgan fingerprint density at radius 2 is 1.71 bits per heavy atom. The first-order valence-corrected chi connectivity index (χ1v) is 17.7. The number of ether oxygens (including phenoxy) is 1. The lowest BCUT2D eigenvalue weighted by atomic mass is 9.72. The third-order valence-electron chi connectivity index (χ3n) is 9.36. The van der Waals surface area contributed by atoms with Crippen LogP contribution in [0.15, 0.2) is 78.9 Å². The predicted octanol–water partition coefficient (Wildman–Crippen LogP) is 9.97.